The molecule has 0 aliphatic carbocycles. The minimum Gasteiger partial charge on any atom is -0.377 e. The van der Waals surface area contributed by atoms with Gasteiger partial charge in [0.1, 0.15) is 0 Å². The number of aromatic nitrogens is 2. The lowest BCUT2D eigenvalue weighted by Crippen LogP contribution is -2.31. The van der Waals surface area contributed by atoms with Crippen molar-refractivity contribution in [1.29, 1.82) is 0 Å². The van der Waals surface area contributed by atoms with Crippen LogP contribution in [-0.2, 0) is 11.3 Å². The molecule has 0 radical (unpaired) electrons. The van der Waals surface area contributed by atoms with Crippen LogP contribution in [0.5, 0.6) is 0 Å². The van der Waals surface area contributed by atoms with Gasteiger partial charge in [0, 0.05) is 23.7 Å². The van der Waals surface area contributed by atoms with Crippen LogP contribution in [0.3, 0.4) is 0 Å². The molecular formula is C16H20ClN3O2. The summed E-state index contributed by atoms with van der Waals surface area (Å²) in [4.78, 5) is 6.74. The van der Waals surface area contributed by atoms with Gasteiger partial charge in [-0.1, -0.05) is 23.7 Å². The molecule has 118 valence electrons. The molecule has 22 heavy (non-hydrogen) atoms. The summed E-state index contributed by atoms with van der Waals surface area (Å²) in [6.07, 6.45) is 2.62. The number of rotatable bonds is 6. The van der Waals surface area contributed by atoms with E-state index in [1.54, 1.807) is 0 Å². The Hall–Kier alpha value is -1.43. The van der Waals surface area contributed by atoms with Gasteiger partial charge in [-0.25, -0.2) is 0 Å². The lowest BCUT2D eigenvalue weighted by Gasteiger charge is -2.21. The van der Waals surface area contributed by atoms with E-state index in [0.29, 0.717) is 29.4 Å². The van der Waals surface area contributed by atoms with Gasteiger partial charge in [-0.3, -0.25) is 4.90 Å². The topological polar surface area (TPSA) is 51.4 Å². The number of likely N-dealkylation sites (N-methyl/N-ethyl adjacent to an activating group) is 1. The van der Waals surface area contributed by atoms with Crippen LogP contribution in [0, 0.1) is 0 Å². The van der Waals surface area contributed by atoms with Crippen molar-refractivity contribution in [3.8, 4) is 11.4 Å². The first-order chi connectivity index (χ1) is 10.7. The van der Waals surface area contributed by atoms with E-state index in [-0.39, 0.29) is 0 Å². The maximum Gasteiger partial charge on any atom is 0.241 e. The molecule has 0 bridgehead atoms. The third-order valence-electron chi connectivity index (χ3n) is 3.86. The number of ether oxygens (including phenoxy) is 1. The van der Waals surface area contributed by atoms with E-state index in [9.17, 15) is 0 Å². The van der Waals surface area contributed by atoms with Gasteiger partial charge in [0.25, 0.3) is 0 Å². The second kappa shape index (κ2) is 7.22. The minimum absolute atomic E-state index is 0.332. The van der Waals surface area contributed by atoms with E-state index in [4.69, 9.17) is 20.9 Å². The summed E-state index contributed by atoms with van der Waals surface area (Å²) in [5.74, 6) is 1.23. The zero-order valence-corrected chi connectivity index (χ0v) is 13.4. The van der Waals surface area contributed by atoms with Crippen molar-refractivity contribution < 1.29 is 9.26 Å². The quantitative estimate of drug-likeness (QED) is 0.816. The number of hydrogen-bond acceptors (Lipinski definition) is 5. The third kappa shape index (κ3) is 3.85. The van der Waals surface area contributed by atoms with E-state index < -0.39 is 0 Å². The zero-order chi connectivity index (χ0) is 15.4. The lowest BCUT2D eigenvalue weighted by molar-refractivity contribution is 0.0689. The van der Waals surface area contributed by atoms with Crippen LogP contribution < -0.4 is 0 Å². The summed E-state index contributed by atoms with van der Waals surface area (Å²) in [7, 11) is 0. The molecule has 1 aromatic carbocycles. The fraction of sp³-hybridized carbons (Fsp3) is 0.500. The number of hydrogen-bond donors (Lipinski definition) is 0. The summed E-state index contributed by atoms with van der Waals surface area (Å²) >= 11 is 5.89. The first-order valence-electron chi connectivity index (χ1n) is 7.67. The van der Waals surface area contributed by atoms with Crippen LogP contribution in [0.15, 0.2) is 28.8 Å². The average Bonchev–Trinajstić information content (AvgIpc) is 3.19. The predicted octanol–water partition coefficient (Wildman–Crippen LogP) is 3.39. The molecule has 2 aromatic rings. The number of benzene rings is 1. The van der Waals surface area contributed by atoms with Gasteiger partial charge in [-0.05, 0) is 43.7 Å². The van der Waals surface area contributed by atoms with Crippen LogP contribution in [0.25, 0.3) is 11.4 Å². The van der Waals surface area contributed by atoms with E-state index in [2.05, 4.69) is 22.0 Å². The zero-order valence-electron chi connectivity index (χ0n) is 12.7. The molecule has 0 amide bonds. The second-order valence-corrected chi connectivity index (χ2v) is 5.92. The van der Waals surface area contributed by atoms with Crippen molar-refractivity contribution >= 4 is 11.6 Å². The van der Waals surface area contributed by atoms with Gasteiger partial charge < -0.3 is 9.26 Å². The fourth-order valence-electron chi connectivity index (χ4n) is 2.61. The van der Waals surface area contributed by atoms with E-state index in [1.807, 2.05) is 24.3 Å². The summed E-state index contributed by atoms with van der Waals surface area (Å²) in [6.45, 7) is 5.50. The Morgan fingerprint density at radius 1 is 1.32 bits per heavy atom. The van der Waals surface area contributed by atoms with Gasteiger partial charge in [0.15, 0.2) is 0 Å². The molecule has 1 aromatic heterocycles. The molecule has 0 spiro atoms. The number of halogens is 1. The largest absolute Gasteiger partial charge is 0.377 e. The number of nitrogens with zero attached hydrogens (tertiary/aromatic N) is 3. The summed E-state index contributed by atoms with van der Waals surface area (Å²) < 4.78 is 11.1. The molecule has 5 nitrogen and oxygen atoms in total. The van der Waals surface area contributed by atoms with Gasteiger partial charge in [-0.2, -0.15) is 4.98 Å². The lowest BCUT2D eigenvalue weighted by atomic mass is 10.2. The highest BCUT2D eigenvalue weighted by molar-refractivity contribution is 6.30. The molecule has 0 saturated carbocycles. The summed E-state index contributed by atoms with van der Waals surface area (Å²) in [5.41, 5.74) is 0.904. The van der Waals surface area contributed by atoms with Crippen LogP contribution >= 0.6 is 11.6 Å². The molecule has 0 N–H and O–H groups in total. The molecule has 6 heteroatoms. The Balaban J connectivity index is 1.63. The van der Waals surface area contributed by atoms with Gasteiger partial charge in [-0.15, -0.1) is 0 Å². The molecule has 0 unspecified atom stereocenters. The normalized spacial score (nSPS) is 18.2. The van der Waals surface area contributed by atoms with E-state index >= 15 is 0 Å². The third-order valence-corrected chi connectivity index (χ3v) is 4.11. The molecular weight excluding hydrogens is 302 g/mol. The smallest absolute Gasteiger partial charge is 0.241 e. The monoisotopic (exact) mass is 321 g/mol. The van der Waals surface area contributed by atoms with Crippen LogP contribution in [0.1, 0.15) is 25.7 Å². The molecule has 1 fully saturated rings. The van der Waals surface area contributed by atoms with Crippen molar-refractivity contribution in [2.75, 3.05) is 19.7 Å². The van der Waals surface area contributed by atoms with Crippen molar-refractivity contribution in [1.82, 2.24) is 15.0 Å². The average molecular weight is 322 g/mol. The van der Waals surface area contributed by atoms with E-state index in [1.165, 1.54) is 0 Å². The molecule has 1 saturated heterocycles. The first kappa shape index (κ1) is 15.5. The maximum absolute atomic E-state index is 5.89. The van der Waals surface area contributed by atoms with Gasteiger partial charge in [0.2, 0.25) is 11.7 Å². The highest BCUT2D eigenvalue weighted by atomic mass is 35.5. The Labute approximate surface area is 135 Å². The molecule has 3 rings (SSSR count). The minimum atomic E-state index is 0.332. The van der Waals surface area contributed by atoms with Gasteiger partial charge in [0.05, 0.1) is 12.6 Å². The molecule has 1 aliphatic heterocycles. The highest BCUT2D eigenvalue weighted by Gasteiger charge is 2.20. The van der Waals surface area contributed by atoms with Crippen molar-refractivity contribution in [3.05, 3.63) is 35.2 Å². The van der Waals surface area contributed by atoms with Crippen molar-refractivity contribution in [2.24, 2.45) is 0 Å². The van der Waals surface area contributed by atoms with Gasteiger partial charge >= 0.3 is 0 Å². The van der Waals surface area contributed by atoms with Crippen LogP contribution in [0.2, 0.25) is 5.02 Å². The standard InChI is InChI=1S/C16H20ClN3O2/c1-2-20(10-14-4-3-9-21-14)11-15-18-16(19-22-15)12-5-7-13(17)8-6-12/h5-8,14H,2-4,9-11H2,1H3/t14-/m1/s1. The summed E-state index contributed by atoms with van der Waals surface area (Å²) in [5, 5.41) is 4.74. The second-order valence-electron chi connectivity index (χ2n) is 5.48. The van der Waals surface area contributed by atoms with Crippen LogP contribution in [0.4, 0.5) is 0 Å². The highest BCUT2D eigenvalue weighted by Crippen LogP contribution is 2.19. The SMILES string of the molecule is CCN(Cc1nc(-c2ccc(Cl)cc2)no1)C[C@H]1CCCO1. The first-order valence-corrected chi connectivity index (χ1v) is 8.05. The molecule has 1 atom stereocenters. The Morgan fingerprint density at radius 2 is 2.14 bits per heavy atom. The fourth-order valence-corrected chi connectivity index (χ4v) is 2.73. The van der Waals surface area contributed by atoms with E-state index in [0.717, 1.165) is 38.1 Å². The predicted molar refractivity (Wildman–Crippen MR) is 84.7 cm³/mol. The molecule has 1 aliphatic rings. The van der Waals surface area contributed by atoms with Crippen molar-refractivity contribution in [3.63, 3.8) is 0 Å². The Morgan fingerprint density at radius 3 is 2.82 bits per heavy atom. The molecule has 2 heterocycles. The maximum atomic E-state index is 5.89. The van der Waals surface area contributed by atoms with Crippen molar-refractivity contribution in [2.45, 2.75) is 32.4 Å². The Kier molecular flexibility index (Phi) is 5.08. The Bertz CT molecular complexity index is 594. The summed E-state index contributed by atoms with van der Waals surface area (Å²) in [6, 6.07) is 7.42. The van der Waals surface area contributed by atoms with Crippen LogP contribution in [-0.4, -0.2) is 40.8 Å².